The van der Waals surface area contributed by atoms with E-state index in [-0.39, 0.29) is 10.5 Å². The molecule has 1 fully saturated rings. The van der Waals surface area contributed by atoms with Gasteiger partial charge in [-0.1, -0.05) is 31.4 Å². The maximum atomic E-state index is 12.7. The highest BCUT2D eigenvalue weighted by atomic mass is 32.2. The lowest BCUT2D eigenvalue weighted by atomic mass is 9.81. The van der Waals surface area contributed by atoms with Crippen LogP contribution >= 0.6 is 0 Å². The van der Waals surface area contributed by atoms with E-state index in [1.807, 2.05) is 0 Å². The first-order valence-corrected chi connectivity index (χ1v) is 10.7. The molecule has 0 heterocycles. The molecule has 1 aromatic carbocycles. The van der Waals surface area contributed by atoms with Crippen molar-refractivity contribution in [3.05, 3.63) is 29.8 Å². The van der Waals surface area contributed by atoms with Crippen molar-refractivity contribution < 1.29 is 22.7 Å². The van der Waals surface area contributed by atoms with Gasteiger partial charge in [0.05, 0.1) is 16.5 Å². The molecule has 1 aliphatic rings. The summed E-state index contributed by atoms with van der Waals surface area (Å²) >= 11 is 0. The minimum absolute atomic E-state index is 0.116. The summed E-state index contributed by atoms with van der Waals surface area (Å²) in [6.07, 6.45) is 3.79. The Morgan fingerprint density at radius 3 is 2.37 bits per heavy atom. The van der Waals surface area contributed by atoms with Crippen molar-refractivity contribution in [1.82, 2.24) is 4.90 Å². The second-order valence-electron chi connectivity index (χ2n) is 6.92. The number of carbonyl (C=O) groups is 2. The van der Waals surface area contributed by atoms with Gasteiger partial charge < -0.3 is 9.64 Å². The Bertz CT molecular complexity index is 866. The van der Waals surface area contributed by atoms with Gasteiger partial charge in [-0.15, -0.1) is 0 Å². The normalized spacial score (nSPS) is 17.4. The number of carbonyl (C=O) groups excluding carboxylic acids is 2. The number of hydrogen-bond donors (Lipinski definition) is 0. The van der Waals surface area contributed by atoms with Crippen molar-refractivity contribution in [3.8, 4) is 6.07 Å². The van der Waals surface area contributed by atoms with E-state index in [4.69, 9.17) is 4.74 Å². The Kier molecular flexibility index (Phi) is 6.26. The van der Waals surface area contributed by atoms with E-state index in [2.05, 4.69) is 6.07 Å². The summed E-state index contributed by atoms with van der Waals surface area (Å²) in [5.41, 5.74) is -1.00. The van der Waals surface area contributed by atoms with Gasteiger partial charge in [0.25, 0.3) is 5.91 Å². The summed E-state index contributed by atoms with van der Waals surface area (Å²) in [7, 11) is -2.07. The monoisotopic (exact) mass is 392 g/mol. The molecule has 146 valence electrons. The number of rotatable bonds is 5. The predicted molar refractivity (Wildman–Crippen MR) is 98.6 cm³/mol. The SMILES string of the molecule is C[C@H](OC(=O)c1ccccc1S(C)(=O)=O)C(=O)N(C)C1(C#N)CCCCC1. The van der Waals surface area contributed by atoms with E-state index in [1.165, 1.54) is 36.1 Å². The molecule has 0 unspecified atom stereocenters. The van der Waals surface area contributed by atoms with Crippen LogP contribution in [0.15, 0.2) is 29.2 Å². The molecule has 2 rings (SSSR count). The molecule has 0 bridgehead atoms. The Morgan fingerprint density at radius 2 is 1.81 bits per heavy atom. The molecule has 8 heteroatoms. The Hall–Kier alpha value is -2.40. The Labute approximate surface area is 159 Å². The molecular formula is C19H24N2O5S. The number of sulfone groups is 1. The second kappa shape index (κ2) is 8.09. The standard InChI is InChI=1S/C19H24N2O5S/c1-14(17(22)21(2)19(13-20)11-7-4-8-12-19)26-18(23)15-9-5-6-10-16(15)27(3,24)25/h5-6,9-10,14H,4,7-8,11-12H2,1-3H3/t14-/m0/s1. The third-order valence-electron chi connectivity index (χ3n) is 5.00. The van der Waals surface area contributed by atoms with E-state index >= 15 is 0 Å². The zero-order chi connectivity index (χ0) is 20.2. The summed E-state index contributed by atoms with van der Waals surface area (Å²) in [6, 6.07) is 7.95. The van der Waals surface area contributed by atoms with Gasteiger partial charge in [-0.2, -0.15) is 5.26 Å². The number of nitrogens with zero attached hydrogens (tertiary/aromatic N) is 2. The molecule has 0 aliphatic heterocycles. The van der Waals surface area contributed by atoms with Crippen LogP contribution in [-0.2, 0) is 19.4 Å². The van der Waals surface area contributed by atoms with Gasteiger partial charge in [-0.25, -0.2) is 13.2 Å². The topological polar surface area (TPSA) is 105 Å². The van der Waals surface area contributed by atoms with Gasteiger partial charge in [0.1, 0.15) is 5.54 Å². The van der Waals surface area contributed by atoms with Crippen molar-refractivity contribution >= 4 is 21.7 Å². The molecule has 0 aromatic heterocycles. The van der Waals surface area contributed by atoms with Crippen LogP contribution in [0.25, 0.3) is 0 Å². The van der Waals surface area contributed by atoms with Crippen LogP contribution in [0.3, 0.4) is 0 Å². The highest BCUT2D eigenvalue weighted by Gasteiger charge is 2.41. The lowest BCUT2D eigenvalue weighted by Crippen LogP contribution is -2.53. The second-order valence-corrected chi connectivity index (χ2v) is 8.90. The average molecular weight is 392 g/mol. The number of benzene rings is 1. The van der Waals surface area contributed by atoms with Crippen LogP contribution in [0.5, 0.6) is 0 Å². The fraction of sp³-hybridized carbons (Fsp3) is 0.526. The first kappa shape index (κ1) is 20.9. The smallest absolute Gasteiger partial charge is 0.340 e. The van der Waals surface area contributed by atoms with Gasteiger partial charge in [0.15, 0.2) is 15.9 Å². The summed E-state index contributed by atoms with van der Waals surface area (Å²) in [5, 5.41) is 9.61. The summed E-state index contributed by atoms with van der Waals surface area (Å²) < 4.78 is 28.9. The first-order chi connectivity index (χ1) is 12.6. The minimum Gasteiger partial charge on any atom is -0.449 e. The first-order valence-electron chi connectivity index (χ1n) is 8.81. The number of hydrogen-bond acceptors (Lipinski definition) is 6. The van der Waals surface area contributed by atoms with Crippen LogP contribution in [0, 0.1) is 11.3 Å². The zero-order valence-corrected chi connectivity index (χ0v) is 16.6. The van der Waals surface area contributed by atoms with Gasteiger partial charge in [-0.3, -0.25) is 4.79 Å². The lowest BCUT2D eigenvalue weighted by molar-refractivity contribution is -0.143. The van der Waals surface area contributed by atoms with Crippen LogP contribution in [-0.4, -0.2) is 50.1 Å². The van der Waals surface area contributed by atoms with Gasteiger partial charge in [-0.05, 0) is 31.9 Å². The van der Waals surface area contributed by atoms with Crippen molar-refractivity contribution in [3.63, 3.8) is 0 Å². The molecule has 7 nitrogen and oxygen atoms in total. The number of nitriles is 1. The fourth-order valence-electron chi connectivity index (χ4n) is 3.38. The van der Waals surface area contributed by atoms with Crippen molar-refractivity contribution in [2.45, 2.75) is 55.6 Å². The van der Waals surface area contributed by atoms with Crippen LogP contribution in [0.2, 0.25) is 0 Å². The zero-order valence-electron chi connectivity index (χ0n) is 15.8. The van der Waals surface area contributed by atoms with Gasteiger partial charge in [0.2, 0.25) is 0 Å². The van der Waals surface area contributed by atoms with Crippen LogP contribution in [0.1, 0.15) is 49.4 Å². The largest absolute Gasteiger partial charge is 0.449 e. The molecular weight excluding hydrogens is 368 g/mol. The van der Waals surface area contributed by atoms with E-state index in [0.717, 1.165) is 25.5 Å². The molecule has 0 radical (unpaired) electrons. The third-order valence-corrected chi connectivity index (χ3v) is 6.15. The minimum atomic E-state index is -3.62. The molecule has 1 saturated carbocycles. The maximum absolute atomic E-state index is 12.7. The molecule has 1 atom stereocenters. The van der Waals surface area contributed by atoms with Crippen molar-refractivity contribution in [2.24, 2.45) is 0 Å². The number of likely N-dealkylation sites (N-methyl/N-ethyl adjacent to an activating group) is 1. The van der Waals surface area contributed by atoms with E-state index in [0.29, 0.717) is 12.8 Å². The lowest BCUT2D eigenvalue weighted by Gasteiger charge is -2.39. The summed E-state index contributed by atoms with van der Waals surface area (Å²) in [5.74, 6) is -1.37. The molecule has 0 spiro atoms. The summed E-state index contributed by atoms with van der Waals surface area (Å²) in [6.45, 7) is 1.42. The fourth-order valence-corrected chi connectivity index (χ4v) is 4.25. The molecule has 1 amide bonds. The Morgan fingerprint density at radius 1 is 1.22 bits per heavy atom. The average Bonchev–Trinajstić information content (AvgIpc) is 2.66. The molecule has 1 aliphatic carbocycles. The van der Waals surface area contributed by atoms with Crippen molar-refractivity contribution in [2.75, 3.05) is 13.3 Å². The maximum Gasteiger partial charge on any atom is 0.340 e. The quantitative estimate of drug-likeness (QED) is 0.712. The van der Waals surface area contributed by atoms with Crippen LogP contribution < -0.4 is 0 Å². The highest BCUT2D eigenvalue weighted by molar-refractivity contribution is 7.90. The molecule has 27 heavy (non-hydrogen) atoms. The van der Waals surface area contributed by atoms with Gasteiger partial charge >= 0.3 is 5.97 Å². The van der Waals surface area contributed by atoms with E-state index < -0.39 is 33.4 Å². The molecule has 0 saturated heterocycles. The molecule has 0 N–H and O–H groups in total. The highest BCUT2D eigenvalue weighted by Crippen LogP contribution is 2.33. The van der Waals surface area contributed by atoms with E-state index in [1.54, 1.807) is 7.05 Å². The van der Waals surface area contributed by atoms with Crippen molar-refractivity contribution in [1.29, 1.82) is 5.26 Å². The Balaban J connectivity index is 2.17. The number of amides is 1. The number of esters is 1. The van der Waals surface area contributed by atoms with Gasteiger partial charge in [0, 0.05) is 13.3 Å². The summed E-state index contributed by atoms with van der Waals surface area (Å²) in [4.78, 5) is 26.4. The number of ether oxygens (including phenoxy) is 1. The molecule has 1 aromatic rings. The van der Waals surface area contributed by atoms with E-state index in [9.17, 15) is 23.3 Å². The van der Waals surface area contributed by atoms with Crippen LogP contribution in [0.4, 0.5) is 0 Å². The third kappa shape index (κ3) is 4.48. The predicted octanol–water partition coefficient (Wildman–Crippen LogP) is 2.32.